The van der Waals surface area contributed by atoms with Gasteiger partial charge in [-0.05, 0) is 18.2 Å². The van der Waals surface area contributed by atoms with E-state index in [9.17, 15) is 18.0 Å². The number of anilines is 2. The Kier molecular flexibility index (Phi) is 3.82. The van der Waals surface area contributed by atoms with E-state index in [0.717, 1.165) is 23.5 Å². The van der Waals surface area contributed by atoms with Crippen LogP contribution in [-0.4, -0.2) is 16.1 Å². The highest BCUT2D eigenvalue weighted by Crippen LogP contribution is 2.34. The van der Waals surface area contributed by atoms with Crippen molar-refractivity contribution in [3.05, 3.63) is 40.4 Å². The highest BCUT2D eigenvalue weighted by atomic mass is 32.1. The number of halogens is 3. The smallest absolute Gasteiger partial charge is 0.417 e. The number of thiazole rings is 1. The maximum absolute atomic E-state index is 12.8. The van der Waals surface area contributed by atoms with Crippen molar-refractivity contribution in [3.8, 4) is 6.07 Å². The zero-order valence-corrected chi connectivity index (χ0v) is 10.9. The van der Waals surface area contributed by atoms with Crippen molar-refractivity contribution in [1.82, 2.24) is 4.98 Å². The molecule has 2 rings (SSSR count). The summed E-state index contributed by atoms with van der Waals surface area (Å²) in [7, 11) is 0. The molecule has 0 unspecified atom stereocenters. The van der Waals surface area contributed by atoms with Crippen molar-refractivity contribution in [2.24, 2.45) is 0 Å². The Morgan fingerprint density at radius 1 is 1.43 bits per heavy atom. The van der Waals surface area contributed by atoms with Gasteiger partial charge in [-0.3, -0.25) is 0 Å². The lowest BCUT2D eigenvalue weighted by molar-refractivity contribution is -0.137. The van der Waals surface area contributed by atoms with Crippen molar-refractivity contribution in [1.29, 1.82) is 5.26 Å². The van der Waals surface area contributed by atoms with Crippen LogP contribution in [0.1, 0.15) is 21.6 Å². The lowest BCUT2D eigenvalue weighted by Gasteiger charge is -2.11. The molecule has 5 nitrogen and oxygen atoms in total. The Morgan fingerprint density at radius 2 is 2.14 bits per heavy atom. The van der Waals surface area contributed by atoms with Crippen molar-refractivity contribution in [2.75, 3.05) is 5.32 Å². The van der Waals surface area contributed by atoms with Gasteiger partial charge in [0.2, 0.25) is 0 Å². The third-order valence-electron chi connectivity index (χ3n) is 2.42. The summed E-state index contributed by atoms with van der Waals surface area (Å²) in [4.78, 5) is 14.4. The molecule has 9 heteroatoms. The minimum atomic E-state index is -4.65. The monoisotopic (exact) mass is 313 g/mol. The van der Waals surface area contributed by atoms with Gasteiger partial charge in [0.05, 0.1) is 17.2 Å². The van der Waals surface area contributed by atoms with Crippen molar-refractivity contribution in [2.45, 2.75) is 6.18 Å². The summed E-state index contributed by atoms with van der Waals surface area (Å²) < 4.78 is 38.4. The summed E-state index contributed by atoms with van der Waals surface area (Å²) in [5.41, 5.74) is -1.69. The van der Waals surface area contributed by atoms with E-state index in [1.54, 1.807) is 0 Å². The quantitative estimate of drug-likeness (QED) is 0.906. The molecule has 1 aromatic carbocycles. The third-order valence-corrected chi connectivity index (χ3v) is 3.18. The van der Waals surface area contributed by atoms with Gasteiger partial charge in [-0.15, -0.1) is 11.3 Å². The average Bonchev–Trinajstić information content (AvgIpc) is 2.86. The number of carboxylic acids is 1. The molecule has 0 atom stereocenters. The molecule has 2 aromatic rings. The number of rotatable bonds is 3. The van der Waals surface area contributed by atoms with Crippen LogP contribution in [0.2, 0.25) is 0 Å². The fourth-order valence-corrected chi connectivity index (χ4v) is 2.21. The van der Waals surface area contributed by atoms with Crippen LogP contribution in [0.4, 0.5) is 24.0 Å². The molecule has 1 heterocycles. The number of nitriles is 1. The lowest BCUT2D eigenvalue weighted by Crippen LogP contribution is -2.08. The molecule has 0 radical (unpaired) electrons. The summed E-state index contributed by atoms with van der Waals surface area (Å²) in [6.45, 7) is 0. The number of nitrogens with one attached hydrogen (secondary N) is 1. The Hall–Kier alpha value is -2.60. The number of hydrogen-bond donors (Lipinski definition) is 2. The highest BCUT2D eigenvalue weighted by molar-refractivity contribution is 7.14. The standard InChI is InChI=1S/C12H6F3N3O2S/c13-12(14,15)8-3-7(2-1-6(8)4-16)17-11-18-9(5-21-11)10(19)20/h1-3,5H,(H,17,18)(H,19,20). The number of aromatic carboxylic acids is 1. The van der Waals surface area contributed by atoms with Crippen LogP contribution in [-0.2, 0) is 6.18 Å². The normalized spacial score (nSPS) is 11.0. The van der Waals surface area contributed by atoms with Gasteiger partial charge in [-0.1, -0.05) is 0 Å². The summed E-state index contributed by atoms with van der Waals surface area (Å²) in [6.07, 6.45) is -4.65. The van der Waals surface area contributed by atoms with E-state index in [-0.39, 0.29) is 16.5 Å². The second-order valence-electron chi connectivity index (χ2n) is 3.84. The third kappa shape index (κ3) is 3.29. The molecule has 0 aliphatic carbocycles. The molecule has 21 heavy (non-hydrogen) atoms. The fraction of sp³-hybridized carbons (Fsp3) is 0.0833. The number of aromatic nitrogens is 1. The maximum atomic E-state index is 12.8. The van der Waals surface area contributed by atoms with Crippen molar-refractivity contribution >= 4 is 28.1 Å². The molecule has 0 amide bonds. The van der Waals surface area contributed by atoms with E-state index in [0.29, 0.717) is 0 Å². The molecule has 2 N–H and O–H groups in total. The van der Waals surface area contributed by atoms with Gasteiger partial charge in [0, 0.05) is 11.1 Å². The van der Waals surface area contributed by atoms with E-state index in [4.69, 9.17) is 10.4 Å². The largest absolute Gasteiger partial charge is 0.476 e. The molecule has 0 aliphatic heterocycles. The molecule has 1 aromatic heterocycles. The van der Waals surface area contributed by atoms with Crippen LogP contribution in [0.3, 0.4) is 0 Å². The summed E-state index contributed by atoms with van der Waals surface area (Å²) in [5, 5.41) is 21.4. The van der Waals surface area contributed by atoms with Gasteiger partial charge in [0.15, 0.2) is 10.8 Å². The SMILES string of the molecule is N#Cc1ccc(Nc2nc(C(=O)O)cs2)cc1C(F)(F)F. The second kappa shape index (κ2) is 5.41. The average molecular weight is 313 g/mol. The van der Waals surface area contributed by atoms with Crippen molar-refractivity contribution in [3.63, 3.8) is 0 Å². The topological polar surface area (TPSA) is 86.0 Å². The summed E-state index contributed by atoms with van der Waals surface area (Å²) in [6, 6.07) is 4.58. The zero-order chi connectivity index (χ0) is 15.6. The molecular weight excluding hydrogens is 307 g/mol. The molecule has 108 valence electrons. The van der Waals surface area contributed by atoms with Gasteiger partial charge in [-0.2, -0.15) is 18.4 Å². The van der Waals surface area contributed by atoms with Crippen LogP contribution >= 0.6 is 11.3 Å². The minimum absolute atomic E-state index is 0.0626. The van der Waals surface area contributed by atoms with Crippen LogP contribution < -0.4 is 5.32 Å². The van der Waals surface area contributed by atoms with Crippen molar-refractivity contribution < 1.29 is 23.1 Å². The first-order valence-corrected chi connectivity index (χ1v) is 6.26. The predicted molar refractivity (Wildman–Crippen MR) is 68.5 cm³/mol. The number of nitrogens with zero attached hydrogens (tertiary/aromatic N) is 2. The van der Waals surface area contributed by atoms with Gasteiger partial charge >= 0.3 is 12.1 Å². The van der Waals surface area contributed by atoms with Gasteiger partial charge in [0.1, 0.15) is 0 Å². The van der Waals surface area contributed by atoms with Gasteiger partial charge in [-0.25, -0.2) is 9.78 Å². The molecular formula is C12H6F3N3O2S. The Morgan fingerprint density at radius 3 is 2.67 bits per heavy atom. The molecule has 0 spiro atoms. The number of carbonyl (C=O) groups is 1. The number of benzene rings is 1. The molecule has 0 saturated heterocycles. The van der Waals surface area contributed by atoms with E-state index >= 15 is 0 Å². The number of carboxylic acid groups (broad SMARTS) is 1. The molecule has 0 saturated carbocycles. The number of alkyl halides is 3. The Labute approximate surface area is 120 Å². The Bertz CT molecular complexity index is 734. The summed E-state index contributed by atoms with van der Waals surface area (Å²) >= 11 is 0.947. The minimum Gasteiger partial charge on any atom is -0.476 e. The Balaban J connectivity index is 2.33. The van der Waals surface area contributed by atoms with Crippen LogP contribution in [0.5, 0.6) is 0 Å². The van der Waals surface area contributed by atoms with E-state index in [1.807, 2.05) is 0 Å². The maximum Gasteiger partial charge on any atom is 0.417 e. The molecule has 0 bridgehead atoms. The lowest BCUT2D eigenvalue weighted by atomic mass is 10.1. The second-order valence-corrected chi connectivity index (χ2v) is 4.70. The fourth-order valence-electron chi connectivity index (χ4n) is 1.51. The van der Waals surface area contributed by atoms with Gasteiger partial charge in [0.25, 0.3) is 0 Å². The first-order valence-electron chi connectivity index (χ1n) is 5.38. The predicted octanol–water partition coefficient (Wildman–Crippen LogP) is 3.48. The zero-order valence-electron chi connectivity index (χ0n) is 10.1. The molecule has 0 fully saturated rings. The van der Waals surface area contributed by atoms with Crippen LogP contribution in [0.15, 0.2) is 23.6 Å². The van der Waals surface area contributed by atoms with Gasteiger partial charge < -0.3 is 10.4 Å². The summed E-state index contributed by atoms with van der Waals surface area (Å²) in [5.74, 6) is -1.23. The van der Waals surface area contributed by atoms with Crippen LogP contribution in [0, 0.1) is 11.3 Å². The van der Waals surface area contributed by atoms with E-state index in [1.165, 1.54) is 17.5 Å². The van der Waals surface area contributed by atoms with E-state index in [2.05, 4.69) is 10.3 Å². The first-order chi connectivity index (χ1) is 9.81. The molecule has 0 aliphatic rings. The van der Waals surface area contributed by atoms with E-state index < -0.39 is 23.3 Å². The van der Waals surface area contributed by atoms with Crippen LogP contribution in [0.25, 0.3) is 0 Å². The highest BCUT2D eigenvalue weighted by Gasteiger charge is 2.33. The first kappa shape index (κ1) is 14.8. The number of hydrogen-bond acceptors (Lipinski definition) is 5.